The maximum Gasteiger partial charge on any atom is 0.225 e. The van der Waals surface area contributed by atoms with Crippen LogP contribution < -0.4 is 14.8 Å². The zero-order chi connectivity index (χ0) is 18.8. The van der Waals surface area contributed by atoms with Crippen molar-refractivity contribution in [3.8, 4) is 11.5 Å². The second-order valence-corrected chi connectivity index (χ2v) is 6.54. The van der Waals surface area contributed by atoms with E-state index in [4.69, 9.17) is 14.6 Å². The summed E-state index contributed by atoms with van der Waals surface area (Å²) >= 11 is 0. The van der Waals surface area contributed by atoms with Crippen LogP contribution >= 0.6 is 0 Å². The normalized spacial score (nSPS) is 15.9. The first-order valence-electron chi connectivity index (χ1n) is 8.94. The van der Waals surface area contributed by atoms with Gasteiger partial charge >= 0.3 is 0 Å². The Hall–Kier alpha value is -3.05. The Morgan fingerprint density at radius 3 is 2.78 bits per heavy atom. The molecule has 0 aliphatic carbocycles. The standard InChI is InChI=1S/C22H21NO4/c1-26-20-12-15(7-9-19(20)27-11-10-24)18-13-21(25)23-22-16-5-3-2-4-14(16)6-8-17(18)22/h2-9,12,18,24H,10-11,13H2,1H3,(H,23,25)/t18-/m0/s1. The minimum absolute atomic E-state index is 0.00317. The average Bonchev–Trinajstić information content (AvgIpc) is 2.71. The van der Waals surface area contributed by atoms with Crippen LogP contribution in [-0.2, 0) is 4.79 Å². The summed E-state index contributed by atoms with van der Waals surface area (Å²) in [6, 6.07) is 17.9. The van der Waals surface area contributed by atoms with Crippen molar-refractivity contribution in [1.29, 1.82) is 0 Å². The van der Waals surface area contributed by atoms with Gasteiger partial charge < -0.3 is 19.9 Å². The predicted molar refractivity (Wildman–Crippen MR) is 105 cm³/mol. The van der Waals surface area contributed by atoms with E-state index < -0.39 is 0 Å². The van der Waals surface area contributed by atoms with Crippen molar-refractivity contribution >= 4 is 22.4 Å². The smallest absolute Gasteiger partial charge is 0.225 e. The summed E-state index contributed by atoms with van der Waals surface area (Å²) in [7, 11) is 1.58. The number of methoxy groups -OCH3 is 1. The number of carbonyl (C=O) groups excluding carboxylic acids is 1. The highest BCUT2D eigenvalue weighted by Crippen LogP contribution is 2.42. The Morgan fingerprint density at radius 2 is 1.96 bits per heavy atom. The molecule has 5 heteroatoms. The molecule has 0 fully saturated rings. The summed E-state index contributed by atoms with van der Waals surface area (Å²) in [5, 5.41) is 14.2. The van der Waals surface area contributed by atoms with Crippen LogP contribution in [0.15, 0.2) is 54.6 Å². The van der Waals surface area contributed by atoms with Crippen LogP contribution in [0.1, 0.15) is 23.5 Å². The van der Waals surface area contributed by atoms with Crippen LogP contribution in [0.25, 0.3) is 10.8 Å². The Morgan fingerprint density at radius 1 is 1.11 bits per heavy atom. The summed E-state index contributed by atoms with van der Waals surface area (Å²) in [6.45, 7) is 0.143. The van der Waals surface area contributed by atoms with Gasteiger partial charge in [0.25, 0.3) is 0 Å². The quantitative estimate of drug-likeness (QED) is 0.725. The predicted octanol–water partition coefficient (Wildman–Crippen LogP) is 3.69. The number of anilines is 1. The molecule has 1 amide bonds. The average molecular weight is 363 g/mol. The molecule has 27 heavy (non-hydrogen) atoms. The maximum atomic E-state index is 12.4. The number of aliphatic hydroxyl groups is 1. The lowest BCUT2D eigenvalue weighted by Gasteiger charge is -2.27. The highest BCUT2D eigenvalue weighted by molar-refractivity contribution is 6.06. The first-order valence-corrected chi connectivity index (χ1v) is 8.94. The van der Waals surface area contributed by atoms with E-state index >= 15 is 0 Å². The fourth-order valence-corrected chi connectivity index (χ4v) is 3.68. The van der Waals surface area contributed by atoms with Gasteiger partial charge in [0, 0.05) is 17.7 Å². The van der Waals surface area contributed by atoms with Gasteiger partial charge in [-0.1, -0.05) is 42.5 Å². The highest BCUT2D eigenvalue weighted by Gasteiger charge is 2.28. The summed E-state index contributed by atoms with van der Waals surface area (Å²) in [6.07, 6.45) is 0.380. The molecule has 0 bridgehead atoms. The SMILES string of the molecule is COc1cc([C@@H]2CC(=O)Nc3c2ccc2ccccc32)ccc1OCCO. The molecular formula is C22H21NO4. The van der Waals surface area contributed by atoms with Gasteiger partial charge in [-0.05, 0) is 28.6 Å². The molecular weight excluding hydrogens is 342 g/mol. The lowest BCUT2D eigenvalue weighted by molar-refractivity contribution is -0.116. The van der Waals surface area contributed by atoms with Crippen LogP contribution in [-0.4, -0.2) is 31.3 Å². The fraction of sp³-hybridized carbons (Fsp3) is 0.227. The molecule has 0 unspecified atom stereocenters. The first kappa shape index (κ1) is 17.4. The third-order valence-corrected chi connectivity index (χ3v) is 4.93. The van der Waals surface area contributed by atoms with Gasteiger partial charge in [0.15, 0.2) is 11.5 Å². The van der Waals surface area contributed by atoms with E-state index in [9.17, 15) is 4.79 Å². The zero-order valence-electron chi connectivity index (χ0n) is 15.1. The van der Waals surface area contributed by atoms with Gasteiger partial charge in [0.05, 0.1) is 19.4 Å². The monoisotopic (exact) mass is 363 g/mol. The number of ether oxygens (including phenoxy) is 2. The number of nitrogens with one attached hydrogen (secondary N) is 1. The van der Waals surface area contributed by atoms with Crippen molar-refractivity contribution in [1.82, 2.24) is 0 Å². The van der Waals surface area contributed by atoms with E-state index in [0.717, 1.165) is 27.6 Å². The van der Waals surface area contributed by atoms with Crippen LogP contribution in [0.2, 0.25) is 0 Å². The molecule has 1 aliphatic rings. The van der Waals surface area contributed by atoms with Crippen LogP contribution in [0.5, 0.6) is 11.5 Å². The van der Waals surface area contributed by atoms with E-state index in [1.165, 1.54) is 0 Å². The highest BCUT2D eigenvalue weighted by atomic mass is 16.5. The van der Waals surface area contributed by atoms with Crippen LogP contribution in [0, 0.1) is 0 Å². The summed E-state index contributed by atoms with van der Waals surface area (Å²) in [4.78, 5) is 12.4. The number of benzene rings is 3. The molecule has 0 aromatic heterocycles. The van der Waals surface area contributed by atoms with Crippen LogP contribution in [0.4, 0.5) is 5.69 Å². The van der Waals surface area contributed by atoms with Crippen molar-refractivity contribution in [3.63, 3.8) is 0 Å². The largest absolute Gasteiger partial charge is 0.493 e. The molecule has 0 saturated carbocycles. The second-order valence-electron chi connectivity index (χ2n) is 6.54. The lowest BCUT2D eigenvalue weighted by Crippen LogP contribution is -2.23. The Balaban J connectivity index is 1.79. The fourth-order valence-electron chi connectivity index (χ4n) is 3.68. The second kappa shape index (κ2) is 7.29. The minimum atomic E-state index is -0.0614. The van der Waals surface area contributed by atoms with Crippen molar-refractivity contribution in [2.45, 2.75) is 12.3 Å². The number of aliphatic hydroxyl groups excluding tert-OH is 1. The molecule has 0 spiro atoms. The Kier molecular flexibility index (Phi) is 4.69. The lowest BCUT2D eigenvalue weighted by atomic mass is 9.83. The molecule has 3 aromatic carbocycles. The first-order chi connectivity index (χ1) is 13.2. The van der Waals surface area contributed by atoms with Gasteiger partial charge in [-0.2, -0.15) is 0 Å². The molecule has 138 valence electrons. The van der Waals surface area contributed by atoms with E-state index in [1.807, 2.05) is 42.5 Å². The number of fused-ring (bicyclic) bond motifs is 3. The third kappa shape index (κ3) is 3.22. The maximum absolute atomic E-state index is 12.4. The zero-order valence-corrected chi connectivity index (χ0v) is 15.1. The van der Waals surface area contributed by atoms with Crippen LogP contribution in [0.3, 0.4) is 0 Å². The molecule has 4 rings (SSSR count). The number of rotatable bonds is 5. The van der Waals surface area contributed by atoms with Gasteiger partial charge in [-0.3, -0.25) is 4.79 Å². The third-order valence-electron chi connectivity index (χ3n) is 4.93. The Bertz CT molecular complexity index is 999. The van der Waals surface area contributed by atoms with Crippen molar-refractivity contribution in [3.05, 3.63) is 65.7 Å². The number of hydrogen-bond donors (Lipinski definition) is 2. The van der Waals surface area contributed by atoms with E-state index in [2.05, 4.69) is 17.4 Å². The molecule has 0 saturated heterocycles. The summed E-state index contributed by atoms with van der Waals surface area (Å²) in [5.74, 6) is 1.12. The molecule has 3 aromatic rings. The molecule has 1 heterocycles. The van der Waals surface area contributed by atoms with Crippen molar-refractivity contribution in [2.24, 2.45) is 0 Å². The molecule has 5 nitrogen and oxygen atoms in total. The van der Waals surface area contributed by atoms with Gasteiger partial charge in [0.1, 0.15) is 6.61 Å². The molecule has 1 aliphatic heterocycles. The topological polar surface area (TPSA) is 67.8 Å². The van der Waals surface area contributed by atoms with Gasteiger partial charge in [-0.15, -0.1) is 0 Å². The van der Waals surface area contributed by atoms with Gasteiger partial charge in [-0.25, -0.2) is 0 Å². The van der Waals surface area contributed by atoms with E-state index in [0.29, 0.717) is 17.9 Å². The number of amides is 1. The summed E-state index contributed by atoms with van der Waals surface area (Å²) < 4.78 is 11.0. The van der Waals surface area contributed by atoms with E-state index in [-0.39, 0.29) is 25.0 Å². The molecule has 1 atom stereocenters. The Labute approximate surface area is 157 Å². The van der Waals surface area contributed by atoms with Crippen molar-refractivity contribution < 1.29 is 19.4 Å². The van der Waals surface area contributed by atoms with Crippen molar-refractivity contribution in [2.75, 3.05) is 25.6 Å². The van der Waals surface area contributed by atoms with E-state index in [1.54, 1.807) is 7.11 Å². The summed E-state index contributed by atoms with van der Waals surface area (Å²) in [5.41, 5.74) is 2.97. The van der Waals surface area contributed by atoms with Gasteiger partial charge in [0.2, 0.25) is 5.91 Å². The number of carbonyl (C=O) groups is 1. The minimum Gasteiger partial charge on any atom is -0.493 e. The molecule has 0 radical (unpaired) electrons. The molecule has 2 N–H and O–H groups in total. The number of hydrogen-bond acceptors (Lipinski definition) is 4.